The highest BCUT2D eigenvalue weighted by molar-refractivity contribution is 7.89. The second-order valence-corrected chi connectivity index (χ2v) is 12.1. The van der Waals surface area contributed by atoms with Crippen LogP contribution in [0.1, 0.15) is 29.8 Å². The van der Waals surface area contributed by atoms with Crippen LogP contribution in [0.3, 0.4) is 0 Å². The Kier molecular flexibility index (Phi) is 8.99. The van der Waals surface area contributed by atoms with E-state index in [4.69, 9.17) is 4.74 Å². The molecule has 1 aliphatic heterocycles. The zero-order chi connectivity index (χ0) is 29.0. The fraction of sp³-hybridized carbons (Fsp3) is 0.345. The van der Waals surface area contributed by atoms with Gasteiger partial charge in [-0.1, -0.05) is 49.4 Å². The molecule has 0 unspecified atom stereocenters. The summed E-state index contributed by atoms with van der Waals surface area (Å²) in [7, 11) is -2.56. The van der Waals surface area contributed by atoms with Crippen LogP contribution in [0.2, 0.25) is 0 Å². The molecule has 0 radical (unpaired) electrons. The van der Waals surface area contributed by atoms with E-state index in [2.05, 4.69) is 0 Å². The Morgan fingerprint density at radius 3 is 2.27 bits per heavy atom. The second kappa shape index (κ2) is 12.3. The van der Waals surface area contributed by atoms with Crippen LogP contribution in [0.15, 0.2) is 77.7 Å². The van der Waals surface area contributed by atoms with E-state index in [1.165, 1.54) is 19.2 Å². The molecule has 11 heteroatoms. The Morgan fingerprint density at radius 1 is 1.05 bits per heavy atom. The molecule has 0 bridgehead atoms. The lowest BCUT2D eigenvalue weighted by atomic mass is 9.94. The predicted molar refractivity (Wildman–Crippen MR) is 150 cm³/mol. The van der Waals surface area contributed by atoms with Crippen molar-refractivity contribution < 1.29 is 28.0 Å². The van der Waals surface area contributed by atoms with Crippen LogP contribution < -0.4 is 0 Å². The lowest BCUT2D eigenvalue weighted by Gasteiger charge is -2.35. The number of aliphatic hydroxyl groups excluding tert-OH is 1. The van der Waals surface area contributed by atoms with Gasteiger partial charge in [0, 0.05) is 43.8 Å². The van der Waals surface area contributed by atoms with Crippen molar-refractivity contribution in [2.75, 3.05) is 26.7 Å². The Balaban J connectivity index is 1.70. The molecule has 1 aliphatic rings. The topological polar surface area (TPSA) is 130 Å². The summed E-state index contributed by atoms with van der Waals surface area (Å²) >= 11 is 0. The number of amides is 1. The Bertz CT molecular complexity index is 1480. The normalized spacial score (nSPS) is 18.9. The first kappa shape index (κ1) is 29.3. The number of carbonyl (C=O) groups is 1. The third kappa shape index (κ3) is 6.07. The molecule has 3 aromatic carbocycles. The van der Waals surface area contributed by atoms with Crippen LogP contribution in [0.25, 0.3) is 11.1 Å². The van der Waals surface area contributed by atoms with Gasteiger partial charge >= 0.3 is 0 Å². The monoisotopic (exact) mass is 567 g/mol. The zero-order valence-electron chi connectivity index (χ0n) is 22.6. The van der Waals surface area contributed by atoms with E-state index in [-0.39, 0.29) is 48.7 Å². The minimum absolute atomic E-state index is 0.0227. The van der Waals surface area contributed by atoms with Crippen LogP contribution in [-0.2, 0) is 21.4 Å². The number of rotatable bonds is 7. The Morgan fingerprint density at radius 2 is 1.65 bits per heavy atom. The Labute approximate surface area is 234 Å². The van der Waals surface area contributed by atoms with E-state index in [1.54, 1.807) is 17.9 Å². The standard InChI is InChI=1S/C29H33N3O7S/c1-20-16-31(21(2)18-33)29(34)27-11-7-6-10-26(27)25-9-5-4-8-22(25)19-39-28(20)17-30(3)40(37,38)24-14-12-23(13-15-24)32(35)36/h4-15,20-21,28,33H,16-19H2,1-3H3/t20-,21+,28-/m1/s1. The van der Waals surface area contributed by atoms with Crippen molar-refractivity contribution in [3.05, 3.63) is 94.0 Å². The lowest BCUT2D eigenvalue weighted by molar-refractivity contribution is -0.384. The van der Waals surface area contributed by atoms with Gasteiger partial charge < -0.3 is 14.7 Å². The molecule has 212 valence electrons. The molecule has 0 saturated heterocycles. The molecule has 0 fully saturated rings. The third-order valence-corrected chi connectivity index (χ3v) is 9.12. The quantitative estimate of drug-likeness (QED) is 0.338. The number of sulfonamides is 1. The number of benzene rings is 3. The first-order valence-electron chi connectivity index (χ1n) is 13.0. The highest BCUT2D eigenvalue weighted by atomic mass is 32.2. The number of carbonyl (C=O) groups excluding carboxylic acids is 1. The molecule has 0 saturated carbocycles. The molecule has 1 amide bonds. The van der Waals surface area contributed by atoms with Crippen molar-refractivity contribution in [3.8, 4) is 11.1 Å². The van der Waals surface area contributed by atoms with Crippen molar-refractivity contribution >= 4 is 21.6 Å². The Hall–Kier alpha value is -3.64. The minimum Gasteiger partial charge on any atom is -0.394 e. The number of likely N-dealkylation sites (N-methyl/N-ethyl adjacent to an activating group) is 1. The van der Waals surface area contributed by atoms with Crippen LogP contribution in [0, 0.1) is 16.0 Å². The fourth-order valence-corrected chi connectivity index (χ4v) is 6.01. The average Bonchev–Trinajstić information content (AvgIpc) is 2.98. The molecule has 3 aromatic rings. The number of nitro benzene ring substituents is 1. The zero-order valence-corrected chi connectivity index (χ0v) is 23.5. The van der Waals surface area contributed by atoms with Gasteiger partial charge in [-0.05, 0) is 41.8 Å². The molecular weight excluding hydrogens is 534 g/mol. The van der Waals surface area contributed by atoms with E-state index in [0.29, 0.717) is 5.56 Å². The van der Waals surface area contributed by atoms with E-state index < -0.39 is 27.1 Å². The van der Waals surface area contributed by atoms with Crippen molar-refractivity contribution in [1.82, 2.24) is 9.21 Å². The third-order valence-electron chi connectivity index (χ3n) is 7.29. The molecule has 3 atom stereocenters. The smallest absolute Gasteiger partial charge is 0.269 e. The van der Waals surface area contributed by atoms with Crippen molar-refractivity contribution in [2.45, 2.75) is 37.5 Å². The van der Waals surface area contributed by atoms with Gasteiger partial charge in [0.1, 0.15) is 0 Å². The SMILES string of the molecule is C[C@@H]1CN([C@@H](C)CO)C(=O)c2ccccc2-c2ccccc2CO[C@@H]1CN(C)S(=O)(=O)c1ccc([N+](=O)[O-])cc1. The van der Waals surface area contributed by atoms with Crippen molar-refractivity contribution in [2.24, 2.45) is 5.92 Å². The maximum atomic E-state index is 13.9. The number of hydrogen-bond donors (Lipinski definition) is 1. The van der Waals surface area contributed by atoms with Gasteiger partial charge in [0.25, 0.3) is 11.6 Å². The van der Waals surface area contributed by atoms with Gasteiger partial charge in [-0.3, -0.25) is 14.9 Å². The van der Waals surface area contributed by atoms with Gasteiger partial charge in [0.15, 0.2) is 0 Å². The van der Waals surface area contributed by atoms with E-state index >= 15 is 0 Å². The molecule has 4 rings (SSSR count). The predicted octanol–water partition coefficient (Wildman–Crippen LogP) is 3.94. The maximum Gasteiger partial charge on any atom is 0.269 e. The van der Waals surface area contributed by atoms with Crippen molar-refractivity contribution in [1.29, 1.82) is 0 Å². The molecule has 0 aliphatic carbocycles. The van der Waals surface area contributed by atoms with Gasteiger partial charge in [0.2, 0.25) is 10.0 Å². The van der Waals surface area contributed by atoms with Gasteiger partial charge in [-0.25, -0.2) is 8.42 Å². The summed E-state index contributed by atoms with van der Waals surface area (Å²) in [5.41, 5.74) is 2.75. The second-order valence-electron chi connectivity index (χ2n) is 10.1. The molecule has 10 nitrogen and oxygen atoms in total. The largest absolute Gasteiger partial charge is 0.394 e. The minimum atomic E-state index is -3.99. The summed E-state index contributed by atoms with van der Waals surface area (Å²) in [4.78, 5) is 25.8. The summed E-state index contributed by atoms with van der Waals surface area (Å²) in [6.07, 6.45) is -0.617. The maximum absolute atomic E-state index is 13.9. The number of fused-ring (bicyclic) bond motifs is 3. The molecule has 40 heavy (non-hydrogen) atoms. The summed E-state index contributed by atoms with van der Waals surface area (Å²) in [5.74, 6) is -0.545. The first-order chi connectivity index (χ1) is 19.0. The van der Waals surface area contributed by atoms with Gasteiger partial charge in [-0.2, -0.15) is 4.31 Å². The highest BCUT2D eigenvalue weighted by Gasteiger charge is 2.33. The summed E-state index contributed by atoms with van der Waals surface area (Å²) in [6.45, 7) is 3.80. The number of hydrogen-bond acceptors (Lipinski definition) is 7. The molecule has 1 N–H and O–H groups in total. The number of non-ortho nitro benzene ring substituents is 1. The molecule has 0 aromatic heterocycles. The van der Waals surface area contributed by atoms with Crippen LogP contribution in [0.4, 0.5) is 5.69 Å². The highest BCUT2D eigenvalue weighted by Crippen LogP contribution is 2.31. The van der Waals surface area contributed by atoms with E-state index in [0.717, 1.165) is 33.1 Å². The summed E-state index contributed by atoms with van der Waals surface area (Å²) < 4.78 is 34.2. The van der Waals surface area contributed by atoms with Crippen LogP contribution in [0.5, 0.6) is 0 Å². The molecule has 0 spiro atoms. The van der Waals surface area contributed by atoms with Crippen LogP contribution >= 0.6 is 0 Å². The van der Waals surface area contributed by atoms with E-state index in [1.807, 2.05) is 49.4 Å². The fourth-order valence-electron chi connectivity index (χ4n) is 4.82. The number of nitro groups is 1. The first-order valence-corrected chi connectivity index (χ1v) is 14.4. The molecule has 1 heterocycles. The van der Waals surface area contributed by atoms with E-state index in [9.17, 15) is 28.4 Å². The lowest BCUT2D eigenvalue weighted by Crippen LogP contribution is -2.47. The number of aliphatic hydroxyl groups is 1. The van der Waals surface area contributed by atoms with Gasteiger partial charge in [0.05, 0.1) is 35.2 Å². The number of nitrogens with zero attached hydrogens (tertiary/aromatic N) is 3. The van der Waals surface area contributed by atoms with Crippen LogP contribution in [-0.4, -0.2) is 72.4 Å². The number of ether oxygens (including phenoxy) is 1. The summed E-state index contributed by atoms with van der Waals surface area (Å²) in [5, 5.41) is 21.0. The average molecular weight is 568 g/mol. The van der Waals surface area contributed by atoms with Crippen molar-refractivity contribution in [3.63, 3.8) is 0 Å². The summed E-state index contributed by atoms with van der Waals surface area (Å²) in [6, 6.07) is 19.2. The van der Waals surface area contributed by atoms with Gasteiger partial charge in [-0.15, -0.1) is 0 Å². The molecular formula is C29H33N3O7S.